The second kappa shape index (κ2) is 7.14. The molecule has 1 aromatic carbocycles. The summed E-state index contributed by atoms with van der Waals surface area (Å²) in [5.74, 6) is 1.25. The molecule has 0 saturated carbocycles. The smallest absolute Gasteiger partial charge is 0.319 e. The van der Waals surface area contributed by atoms with Crippen molar-refractivity contribution in [2.24, 2.45) is 5.92 Å². The lowest BCUT2D eigenvalue weighted by Gasteiger charge is -2.28. The number of urea groups is 1. The number of anilines is 1. The summed E-state index contributed by atoms with van der Waals surface area (Å²) in [6, 6.07) is 7.23. The van der Waals surface area contributed by atoms with Crippen LogP contribution in [-0.2, 0) is 0 Å². The summed E-state index contributed by atoms with van der Waals surface area (Å²) < 4.78 is 5.20. The van der Waals surface area contributed by atoms with Gasteiger partial charge in [-0.05, 0) is 51.0 Å². The molecule has 0 unspecified atom stereocenters. The minimum atomic E-state index is -0.173. The van der Waals surface area contributed by atoms with E-state index in [1.807, 2.05) is 24.3 Å². The van der Waals surface area contributed by atoms with E-state index in [1.165, 1.54) is 0 Å². The number of hydrogen-bond acceptors (Lipinski definition) is 3. The number of carbonyl (C=O) groups is 1. The van der Waals surface area contributed by atoms with E-state index in [0.29, 0.717) is 17.4 Å². The van der Waals surface area contributed by atoms with Crippen molar-refractivity contribution in [2.45, 2.75) is 12.8 Å². The van der Waals surface area contributed by atoms with Crippen molar-refractivity contribution in [2.75, 3.05) is 39.1 Å². The van der Waals surface area contributed by atoms with Gasteiger partial charge in [0.25, 0.3) is 0 Å². The minimum Gasteiger partial charge on any atom is -0.495 e. The highest BCUT2D eigenvalue weighted by molar-refractivity contribution is 5.90. The molecule has 5 heteroatoms. The zero-order valence-electron chi connectivity index (χ0n) is 12.2. The van der Waals surface area contributed by atoms with E-state index in [0.717, 1.165) is 32.5 Å². The van der Waals surface area contributed by atoms with Gasteiger partial charge in [0.15, 0.2) is 0 Å². The normalized spacial score (nSPS) is 16.7. The summed E-state index contributed by atoms with van der Waals surface area (Å²) in [7, 11) is 3.73. The third-order valence-electron chi connectivity index (χ3n) is 3.74. The topological polar surface area (TPSA) is 53.6 Å². The maximum atomic E-state index is 11.9. The third-order valence-corrected chi connectivity index (χ3v) is 3.74. The van der Waals surface area contributed by atoms with Gasteiger partial charge in [-0.3, -0.25) is 0 Å². The van der Waals surface area contributed by atoms with Gasteiger partial charge in [-0.1, -0.05) is 12.1 Å². The van der Waals surface area contributed by atoms with E-state index in [2.05, 4.69) is 22.6 Å². The van der Waals surface area contributed by atoms with Gasteiger partial charge in [0, 0.05) is 6.54 Å². The van der Waals surface area contributed by atoms with E-state index in [-0.39, 0.29) is 6.03 Å². The van der Waals surface area contributed by atoms with Crippen molar-refractivity contribution in [1.82, 2.24) is 10.2 Å². The first-order valence-electron chi connectivity index (χ1n) is 7.05. The van der Waals surface area contributed by atoms with Gasteiger partial charge in [-0.25, -0.2) is 4.79 Å². The van der Waals surface area contributed by atoms with Crippen LogP contribution in [0.4, 0.5) is 10.5 Å². The molecular weight excluding hydrogens is 254 g/mol. The Morgan fingerprint density at radius 1 is 1.35 bits per heavy atom. The molecule has 5 nitrogen and oxygen atoms in total. The number of para-hydroxylation sites is 2. The van der Waals surface area contributed by atoms with Crippen molar-refractivity contribution < 1.29 is 9.53 Å². The Balaban J connectivity index is 1.78. The van der Waals surface area contributed by atoms with Crippen LogP contribution in [0.1, 0.15) is 12.8 Å². The van der Waals surface area contributed by atoms with Gasteiger partial charge in [0.05, 0.1) is 12.8 Å². The number of nitrogens with zero attached hydrogens (tertiary/aromatic N) is 1. The van der Waals surface area contributed by atoms with Crippen LogP contribution in [0.5, 0.6) is 5.75 Å². The van der Waals surface area contributed by atoms with Crippen LogP contribution in [0.15, 0.2) is 24.3 Å². The standard InChI is InChI=1S/C15H23N3O2/c1-18-9-7-12(8-10-18)11-16-15(19)17-13-5-3-4-6-14(13)20-2/h3-6,12H,7-11H2,1-2H3,(H2,16,17,19). The maximum Gasteiger partial charge on any atom is 0.319 e. The Kier molecular flexibility index (Phi) is 5.24. The Morgan fingerprint density at radius 2 is 2.05 bits per heavy atom. The highest BCUT2D eigenvalue weighted by Gasteiger charge is 2.17. The number of nitrogens with one attached hydrogen (secondary N) is 2. The summed E-state index contributed by atoms with van der Waals surface area (Å²) in [6.45, 7) is 2.95. The number of rotatable bonds is 4. The molecule has 110 valence electrons. The highest BCUT2D eigenvalue weighted by atomic mass is 16.5. The lowest BCUT2D eigenvalue weighted by Crippen LogP contribution is -2.38. The molecule has 0 atom stereocenters. The van der Waals surface area contributed by atoms with Crippen molar-refractivity contribution >= 4 is 11.7 Å². The van der Waals surface area contributed by atoms with Gasteiger partial charge >= 0.3 is 6.03 Å². The molecule has 0 spiro atoms. The quantitative estimate of drug-likeness (QED) is 0.886. The van der Waals surface area contributed by atoms with Crippen molar-refractivity contribution in [1.29, 1.82) is 0 Å². The van der Waals surface area contributed by atoms with Crippen LogP contribution in [0.3, 0.4) is 0 Å². The average Bonchev–Trinajstić information content (AvgIpc) is 2.47. The molecule has 1 aliphatic rings. The van der Waals surface area contributed by atoms with Crippen LogP contribution in [0, 0.1) is 5.92 Å². The lowest BCUT2D eigenvalue weighted by atomic mass is 9.97. The zero-order chi connectivity index (χ0) is 14.4. The summed E-state index contributed by atoms with van der Waals surface area (Å²) in [4.78, 5) is 14.2. The average molecular weight is 277 g/mol. The first-order chi connectivity index (χ1) is 9.69. The number of piperidine rings is 1. The number of ether oxygens (including phenoxy) is 1. The highest BCUT2D eigenvalue weighted by Crippen LogP contribution is 2.22. The SMILES string of the molecule is COc1ccccc1NC(=O)NCC1CCN(C)CC1. The summed E-state index contributed by atoms with van der Waals surface area (Å²) in [6.07, 6.45) is 2.29. The number of methoxy groups -OCH3 is 1. The van der Waals surface area contributed by atoms with E-state index in [1.54, 1.807) is 7.11 Å². The number of hydrogen-bond donors (Lipinski definition) is 2. The fourth-order valence-electron chi connectivity index (χ4n) is 2.42. The summed E-state index contributed by atoms with van der Waals surface area (Å²) in [5.41, 5.74) is 0.691. The number of amides is 2. The Morgan fingerprint density at radius 3 is 2.75 bits per heavy atom. The van der Waals surface area contributed by atoms with E-state index < -0.39 is 0 Å². The molecule has 1 fully saturated rings. The van der Waals surface area contributed by atoms with Gasteiger partial charge in [-0.15, -0.1) is 0 Å². The van der Waals surface area contributed by atoms with Crippen LogP contribution in [0.2, 0.25) is 0 Å². The largest absolute Gasteiger partial charge is 0.495 e. The lowest BCUT2D eigenvalue weighted by molar-refractivity contribution is 0.213. The summed E-state index contributed by atoms with van der Waals surface area (Å²) in [5, 5.41) is 5.77. The van der Waals surface area contributed by atoms with Gasteiger partial charge in [-0.2, -0.15) is 0 Å². The zero-order valence-corrected chi connectivity index (χ0v) is 12.2. The number of benzene rings is 1. The van der Waals surface area contributed by atoms with Crippen molar-refractivity contribution in [3.63, 3.8) is 0 Å². The molecule has 1 heterocycles. The molecule has 2 rings (SSSR count). The maximum absolute atomic E-state index is 11.9. The second-order valence-electron chi connectivity index (χ2n) is 5.28. The molecule has 0 aromatic heterocycles. The van der Waals surface area contributed by atoms with Crippen LogP contribution in [-0.4, -0.2) is 44.7 Å². The Labute approximate surface area is 120 Å². The monoisotopic (exact) mass is 277 g/mol. The van der Waals surface area contributed by atoms with Crippen LogP contribution >= 0.6 is 0 Å². The molecule has 0 aliphatic carbocycles. The van der Waals surface area contributed by atoms with Crippen molar-refractivity contribution in [3.8, 4) is 5.75 Å². The molecule has 0 radical (unpaired) electrons. The molecule has 20 heavy (non-hydrogen) atoms. The Bertz CT molecular complexity index is 442. The van der Waals surface area contributed by atoms with Crippen LogP contribution < -0.4 is 15.4 Å². The van der Waals surface area contributed by atoms with E-state index in [4.69, 9.17) is 4.74 Å². The molecule has 2 N–H and O–H groups in total. The molecule has 1 aromatic rings. The first-order valence-corrected chi connectivity index (χ1v) is 7.05. The van der Waals surface area contributed by atoms with Crippen LogP contribution in [0.25, 0.3) is 0 Å². The molecule has 1 saturated heterocycles. The molecule has 1 aliphatic heterocycles. The summed E-state index contributed by atoms with van der Waals surface area (Å²) >= 11 is 0. The number of carbonyl (C=O) groups excluding carboxylic acids is 1. The van der Waals surface area contributed by atoms with Crippen molar-refractivity contribution in [3.05, 3.63) is 24.3 Å². The van der Waals surface area contributed by atoms with Gasteiger partial charge in [0.2, 0.25) is 0 Å². The van der Waals surface area contributed by atoms with E-state index in [9.17, 15) is 4.79 Å². The fraction of sp³-hybridized carbons (Fsp3) is 0.533. The van der Waals surface area contributed by atoms with Gasteiger partial charge in [0.1, 0.15) is 5.75 Å². The predicted octanol–water partition coefficient (Wildman–Crippen LogP) is 2.16. The third kappa shape index (κ3) is 4.13. The predicted molar refractivity (Wildman–Crippen MR) is 80.2 cm³/mol. The molecule has 2 amide bonds. The van der Waals surface area contributed by atoms with Gasteiger partial charge < -0.3 is 20.3 Å². The Hall–Kier alpha value is -1.75. The first kappa shape index (κ1) is 14.7. The number of likely N-dealkylation sites (tertiary alicyclic amines) is 1. The second-order valence-corrected chi connectivity index (χ2v) is 5.28. The molecular formula is C15H23N3O2. The molecule has 0 bridgehead atoms. The fourth-order valence-corrected chi connectivity index (χ4v) is 2.42. The van der Waals surface area contributed by atoms with E-state index >= 15 is 0 Å². The minimum absolute atomic E-state index is 0.173.